The van der Waals surface area contributed by atoms with E-state index in [-0.39, 0.29) is 5.56 Å². The van der Waals surface area contributed by atoms with Gasteiger partial charge in [-0.05, 0) is 29.3 Å². The molecule has 1 aromatic rings. The maximum absolute atomic E-state index is 13.5. The molecule has 17 heavy (non-hydrogen) atoms. The summed E-state index contributed by atoms with van der Waals surface area (Å²) >= 11 is 0. The van der Waals surface area contributed by atoms with E-state index in [4.69, 9.17) is 5.84 Å². The third-order valence-corrected chi connectivity index (χ3v) is 2.38. The lowest BCUT2D eigenvalue weighted by Crippen LogP contribution is -2.41. The number of nitrogens with one attached hydrogen (secondary N) is 1. The number of hydrazine groups is 1. The SMILES string of the molecule is NNC1N=CC(c2cc(F)cc(F)c2)=CC1F. The second-order valence-corrected chi connectivity index (χ2v) is 3.61. The Kier molecular flexibility index (Phi) is 3.26. The van der Waals surface area contributed by atoms with E-state index in [1.807, 2.05) is 0 Å². The molecule has 0 saturated carbocycles. The van der Waals surface area contributed by atoms with Crippen molar-refractivity contribution in [2.45, 2.75) is 12.3 Å². The molecule has 0 aliphatic carbocycles. The van der Waals surface area contributed by atoms with E-state index in [9.17, 15) is 13.2 Å². The summed E-state index contributed by atoms with van der Waals surface area (Å²) < 4.78 is 39.4. The van der Waals surface area contributed by atoms with E-state index in [0.29, 0.717) is 5.57 Å². The maximum Gasteiger partial charge on any atom is 0.156 e. The summed E-state index contributed by atoms with van der Waals surface area (Å²) in [5.41, 5.74) is 2.74. The standard InChI is InChI=1S/C11H10F3N3/c12-8-1-6(2-9(13)4-8)7-3-10(14)11(17-15)16-5-7/h1-5,10-11,17H,15H2. The van der Waals surface area contributed by atoms with E-state index in [0.717, 1.165) is 18.2 Å². The lowest BCUT2D eigenvalue weighted by molar-refractivity contribution is 0.307. The van der Waals surface area contributed by atoms with Crippen molar-refractivity contribution in [2.75, 3.05) is 0 Å². The van der Waals surface area contributed by atoms with Crippen LogP contribution in [0, 0.1) is 11.6 Å². The molecule has 2 rings (SSSR count). The third kappa shape index (κ3) is 2.54. The fraction of sp³-hybridized carbons (Fsp3) is 0.182. The van der Waals surface area contributed by atoms with Gasteiger partial charge in [0.25, 0.3) is 0 Å². The zero-order valence-corrected chi connectivity index (χ0v) is 8.70. The molecule has 1 aromatic carbocycles. The monoisotopic (exact) mass is 241 g/mol. The summed E-state index contributed by atoms with van der Waals surface area (Å²) in [7, 11) is 0. The molecule has 6 heteroatoms. The molecule has 1 aliphatic rings. The van der Waals surface area contributed by atoms with Gasteiger partial charge in [-0.3, -0.25) is 10.8 Å². The smallest absolute Gasteiger partial charge is 0.156 e. The molecular formula is C11H10F3N3. The summed E-state index contributed by atoms with van der Waals surface area (Å²) in [5.74, 6) is 3.64. The van der Waals surface area contributed by atoms with E-state index in [1.54, 1.807) is 0 Å². The van der Waals surface area contributed by atoms with Crippen LogP contribution in [-0.2, 0) is 0 Å². The summed E-state index contributed by atoms with van der Waals surface area (Å²) in [4.78, 5) is 3.80. The molecular weight excluding hydrogens is 231 g/mol. The number of dihydropyridines is 1. The number of halogens is 3. The first-order valence-electron chi connectivity index (χ1n) is 4.92. The number of alkyl halides is 1. The Morgan fingerprint density at radius 2 is 1.82 bits per heavy atom. The van der Waals surface area contributed by atoms with Crippen molar-refractivity contribution >= 4 is 11.8 Å². The van der Waals surface area contributed by atoms with Crippen molar-refractivity contribution in [2.24, 2.45) is 10.8 Å². The lowest BCUT2D eigenvalue weighted by atomic mass is 10.0. The highest BCUT2D eigenvalue weighted by Gasteiger charge is 2.21. The second kappa shape index (κ2) is 4.68. The van der Waals surface area contributed by atoms with Gasteiger partial charge in [-0.15, -0.1) is 0 Å². The summed E-state index contributed by atoms with van der Waals surface area (Å²) in [6.45, 7) is 0. The van der Waals surface area contributed by atoms with Crippen LogP contribution in [0.25, 0.3) is 5.57 Å². The third-order valence-electron chi connectivity index (χ3n) is 2.38. The van der Waals surface area contributed by atoms with Gasteiger partial charge in [0.2, 0.25) is 0 Å². The number of hydrogen-bond donors (Lipinski definition) is 2. The van der Waals surface area contributed by atoms with Gasteiger partial charge in [0.15, 0.2) is 6.17 Å². The Balaban J connectivity index is 2.33. The molecule has 0 bridgehead atoms. The number of hydrogen-bond acceptors (Lipinski definition) is 3. The van der Waals surface area contributed by atoms with Gasteiger partial charge in [0.05, 0.1) is 0 Å². The average Bonchev–Trinajstić information content (AvgIpc) is 2.27. The zero-order valence-electron chi connectivity index (χ0n) is 8.70. The van der Waals surface area contributed by atoms with Crippen molar-refractivity contribution < 1.29 is 13.2 Å². The van der Waals surface area contributed by atoms with Crippen LogP contribution >= 0.6 is 0 Å². The number of nitrogens with two attached hydrogens (primary N) is 1. The van der Waals surface area contributed by atoms with Crippen LogP contribution in [0.1, 0.15) is 5.56 Å². The first-order chi connectivity index (χ1) is 8.10. The second-order valence-electron chi connectivity index (χ2n) is 3.61. The Bertz CT molecular complexity index is 465. The molecule has 0 aromatic heterocycles. The minimum Gasteiger partial charge on any atom is -0.269 e. The fourth-order valence-electron chi connectivity index (χ4n) is 1.57. The molecule has 90 valence electrons. The highest BCUT2D eigenvalue weighted by atomic mass is 19.1. The predicted molar refractivity (Wildman–Crippen MR) is 58.8 cm³/mol. The molecule has 2 unspecified atom stereocenters. The topological polar surface area (TPSA) is 50.4 Å². The predicted octanol–water partition coefficient (Wildman–Crippen LogP) is 1.56. The molecule has 2 atom stereocenters. The zero-order chi connectivity index (χ0) is 12.4. The molecule has 0 radical (unpaired) electrons. The van der Waals surface area contributed by atoms with Crippen LogP contribution in [0.4, 0.5) is 13.2 Å². The molecule has 0 spiro atoms. The number of benzene rings is 1. The molecule has 1 heterocycles. The van der Waals surface area contributed by atoms with Crippen LogP contribution in [-0.4, -0.2) is 18.6 Å². The van der Waals surface area contributed by atoms with Gasteiger partial charge in [-0.2, -0.15) is 0 Å². The first kappa shape index (κ1) is 11.8. The van der Waals surface area contributed by atoms with Crippen LogP contribution in [0.2, 0.25) is 0 Å². The van der Waals surface area contributed by atoms with E-state index < -0.39 is 24.0 Å². The normalized spacial score (nSPS) is 23.6. The molecule has 1 aliphatic heterocycles. The van der Waals surface area contributed by atoms with Crippen molar-refractivity contribution in [3.8, 4) is 0 Å². The Morgan fingerprint density at radius 3 is 2.35 bits per heavy atom. The number of allylic oxidation sites excluding steroid dienone is 1. The number of aliphatic imine (C=N–C) groups is 1. The van der Waals surface area contributed by atoms with Gasteiger partial charge in [-0.25, -0.2) is 18.6 Å². The summed E-state index contributed by atoms with van der Waals surface area (Å²) in [6.07, 6.45) is 0.240. The lowest BCUT2D eigenvalue weighted by Gasteiger charge is -2.18. The summed E-state index contributed by atoms with van der Waals surface area (Å²) in [5, 5.41) is 0. The van der Waals surface area contributed by atoms with Gasteiger partial charge in [0.1, 0.15) is 17.8 Å². The maximum atomic E-state index is 13.5. The van der Waals surface area contributed by atoms with Gasteiger partial charge in [-0.1, -0.05) is 0 Å². The molecule has 0 saturated heterocycles. The highest BCUT2D eigenvalue weighted by Crippen LogP contribution is 2.21. The van der Waals surface area contributed by atoms with E-state index in [1.165, 1.54) is 12.3 Å². The molecule has 0 fully saturated rings. The Morgan fingerprint density at radius 1 is 1.18 bits per heavy atom. The first-order valence-corrected chi connectivity index (χ1v) is 4.92. The number of nitrogens with zero attached hydrogens (tertiary/aromatic N) is 1. The van der Waals surface area contributed by atoms with Gasteiger partial charge >= 0.3 is 0 Å². The van der Waals surface area contributed by atoms with Crippen molar-refractivity contribution in [3.63, 3.8) is 0 Å². The minimum absolute atomic E-state index is 0.240. The minimum atomic E-state index is -1.44. The van der Waals surface area contributed by atoms with Crippen molar-refractivity contribution in [3.05, 3.63) is 41.5 Å². The number of rotatable bonds is 2. The van der Waals surface area contributed by atoms with Crippen molar-refractivity contribution in [1.29, 1.82) is 0 Å². The molecule has 0 amide bonds. The Hall–Kier alpha value is -1.66. The average molecular weight is 241 g/mol. The molecule has 3 nitrogen and oxygen atoms in total. The summed E-state index contributed by atoms with van der Waals surface area (Å²) in [6, 6.07) is 2.98. The Labute approximate surface area is 95.8 Å². The largest absolute Gasteiger partial charge is 0.269 e. The van der Waals surface area contributed by atoms with Crippen LogP contribution in [0.3, 0.4) is 0 Å². The van der Waals surface area contributed by atoms with Crippen molar-refractivity contribution in [1.82, 2.24) is 5.43 Å². The van der Waals surface area contributed by atoms with Gasteiger partial charge in [0, 0.05) is 12.3 Å². The van der Waals surface area contributed by atoms with E-state index in [2.05, 4.69) is 10.4 Å². The molecule has 3 N–H and O–H groups in total. The van der Waals surface area contributed by atoms with Crippen LogP contribution in [0.5, 0.6) is 0 Å². The quantitative estimate of drug-likeness (QED) is 0.609. The van der Waals surface area contributed by atoms with Gasteiger partial charge < -0.3 is 0 Å². The highest BCUT2D eigenvalue weighted by molar-refractivity contribution is 6.10. The van der Waals surface area contributed by atoms with E-state index >= 15 is 0 Å². The van der Waals surface area contributed by atoms with Crippen LogP contribution < -0.4 is 11.3 Å². The van der Waals surface area contributed by atoms with Crippen LogP contribution in [0.15, 0.2) is 29.3 Å². The fourth-order valence-corrected chi connectivity index (χ4v) is 1.57.